The minimum Gasteiger partial charge on any atom is -0.465 e. The Hall–Kier alpha value is -1.15. The van der Waals surface area contributed by atoms with E-state index in [0.29, 0.717) is 18.7 Å². The summed E-state index contributed by atoms with van der Waals surface area (Å²) in [6.45, 7) is 0.976. The molecule has 0 bridgehead atoms. The average molecular weight is 335 g/mol. The molecule has 1 aromatic carbocycles. The molecular weight excluding hydrogens is 316 g/mol. The lowest BCUT2D eigenvalue weighted by Gasteiger charge is -2.16. The predicted molar refractivity (Wildman–Crippen MR) is 81.3 cm³/mol. The van der Waals surface area contributed by atoms with Crippen LogP contribution in [0.5, 0.6) is 0 Å². The van der Waals surface area contributed by atoms with E-state index in [9.17, 15) is 13.2 Å². The molecule has 6 nitrogen and oxygen atoms in total. The molecule has 0 saturated carbocycles. The van der Waals surface area contributed by atoms with E-state index in [1.807, 2.05) is 7.05 Å². The Bertz CT molecular complexity index is 589. The van der Waals surface area contributed by atoms with Gasteiger partial charge in [0.05, 0.1) is 17.6 Å². The summed E-state index contributed by atoms with van der Waals surface area (Å²) in [4.78, 5) is 11.5. The minimum absolute atomic E-state index is 0. The van der Waals surface area contributed by atoms with Crippen LogP contribution in [0.25, 0.3) is 0 Å². The number of benzene rings is 1. The van der Waals surface area contributed by atoms with Crippen LogP contribution in [0, 0.1) is 0 Å². The van der Waals surface area contributed by atoms with Crippen molar-refractivity contribution in [3.63, 3.8) is 0 Å². The van der Waals surface area contributed by atoms with Crippen LogP contribution in [0.3, 0.4) is 0 Å². The maximum absolute atomic E-state index is 12.4. The lowest BCUT2D eigenvalue weighted by Crippen LogP contribution is -2.33. The molecule has 0 aromatic heterocycles. The fourth-order valence-electron chi connectivity index (χ4n) is 2.21. The van der Waals surface area contributed by atoms with Crippen LogP contribution in [0.4, 0.5) is 0 Å². The van der Waals surface area contributed by atoms with Crippen molar-refractivity contribution in [2.24, 2.45) is 0 Å². The second-order valence-corrected chi connectivity index (χ2v) is 6.59. The van der Waals surface area contributed by atoms with E-state index in [1.165, 1.54) is 35.7 Å². The average Bonchev–Trinajstić information content (AvgIpc) is 2.96. The third-order valence-corrected chi connectivity index (χ3v) is 5.35. The van der Waals surface area contributed by atoms with Crippen molar-refractivity contribution in [1.82, 2.24) is 9.62 Å². The highest BCUT2D eigenvalue weighted by Gasteiger charge is 2.31. The Kier molecular flexibility index (Phi) is 6.15. The first kappa shape index (κ1) is 17.9. The van der Waals surface area contributed by atoms with Crippen molar-refractivity contribution in [2.45, 2.75) is 17.4 Å². The van der Waals surface area contributed by atoms with Gasteiger partial charge in [0.2, 0.25) is 10.0 Å². The van der Waals surface area contributed by atoms with Crippen LogP contribution in [-0.4, -0.2) is 52.0 Å². The van der Waals surface area contributed by atoms with Gasteiger partial charge < -0.3 is 10.1 Å². The van der Waals surface area contributed by atoms with Crippen molar-refractivity contribution >= 4 is 28.4 Å². The molecule has 1 saturated heterocycles. The number of methoxy groups -OCH3 is 1. The van der Waals surface area contributed by atoms with Gasteiger partial charge in [-0.3, -0.25) is 0 Å². The molecule has 1 aliphatic rings. The highest BCUT2D eigenvalue weighted by Crippen LogP contribution is 2.21. The van der Waals surface area contributed by atoms with Gasteiger partial charge >= 0.3 is 5.97 Å². The summed E-state index contributed by atoms with van der Waals surface area (Å²) in [5, 5.41) is 3.08. The first-order valence-corrected chi connectivity index (χ1v) is 7.79. The zero-order valence-corrected chi connectivity index (χ0v) is 13.5. The topological polar surface area (TPSA) is 75.7 Å². The zero-order valence-electron chi connectivity index (χ0n) is 11.9. The summed E-state index contributed by atoms with van der Waals surface area (Å²) in [5.74, 6) is -0.481. The van der Waals surface area contributed by atoms with Crippen LogP contribution in [0.15, 0.2) is 29.2 Å². The van der Waals surface area contributed by atoms with Gasteiger partial charge in [-0.1, -0.05) is 0 Å². The number of hydrogen-bond acceptors (Lipinski definition) is 5. The molecule has 1 aromatic rings. The van der Waals surface area contributed by atoms with Gasteiger partial charge in [-0.15, -0.1) is 12.4 Å². The van der Waals surface area contributed by atoms with Crippen molar-refractivity contribution in [1.29, 1.82) is 0 Å². The zero-order chi connectivity index (χ0) is 14.8. The van der Waals surface area contributed by atoms with E-state index < -0.39 is 16.0 Å². The molecular formula is C13H19ClN2O4S. The third-order valence-electron chi connectivity index (χ3n) is 3.47. The first-order chi connectivity index (χ1) is 9.48. The van der Waals surface area contributed by atoms with Crippen LogP contribution < -0.4 is 5.32 Å². The number of ether oxygens (including phenoxy) is 1. The van der Waals surface area contributed by atoms with E-state index in [0.717, 1.165) is 6.42 Å². The fraction of sp³-hybridized carbons (Fsp3) is 0.462. The number of halogens is 1. The van der Waals surface area contributed by atoms with E-state index in [4.69, 9.17) is 0 Å². The van der Waals surface area contributed by atoms with Gasteiger partial charge in [-0.2, -0.15) is 4.31 Å². The van der Waals surface area contributed by atoms with Crippen LogP contribution in [0.1, 0.15) is 16.8 Å². The highest BCUT2D eigenvalue weighted by molar-refractivity contribution is 7.89. The summed E-state index contributed by atoms with van der Waals surface area (Å²) in [5.41, 5.74) is 0.334. The second-order valence-electron chi connectivity index (χ2n) is 4.65. The van der Waals surface area contributed by atoms with Crippen molar-refractivity contribution in [2.75, 3.05) is 27.2 Å². The molecule has 1 fully saturated rings. The van der Waals surface area contributed by atoms with Gasteiger partial charge in [-0.25, -0.2) is 13.2 Å². The summed E-state index contributed by atoms with van der Waals surface area (Å²) >= 11 is 0. The minimum atomic E-state index is -3.49. The number of esters is 1. The number of carbonyl (C=O) groups excluding carboxylic acids is 1. The lowest BCUT2D eigenvalue weighted by molar-refractivity contribution is 0.0600. The summed E-state index contributed by atoms with van der Waals surface area (Å²) in [6, 6.07) is 6.00. The Labute approximate surface area is 130 Å². The molecule has 0 aliphatic carbocycles. The maximum atomic E-state index is 12.4. The van der Waals surface area contributed by atoms with E-state index >= 15 is 0 Å². The Morgan fingerprint density at radius 1 is 1.33 bits per heavy atom. The molecule has 21 heavy (non-hydrogen) atoms. The molecule has 118 valence electrons. The van der Waals surface area contributed by atoms with Gasteiger partial charge in [0.15, 0.2) is 0 Å². The first-order valence-electron chi connectivity index (χ1n) is 6.35. The molecule has 0 spiro atoms. The molecule has 8 heteroatoms. The predicted octanol–water partition coefficient (Wildman–Crippen LogP) is 0.877. The molecule has 1 N–H and O–H groups in total. The smallest absolute Gasteiger partial charge is 0.337 e. The molecule has 0 radical (unpaired) electrons. The second kappa shape index (κ2) is 7.22. The van der Waals surface area contributed by atoms with Crippen LogP contribution in [-0.2, 0) is 14.8 Å². The summed E-state index contributed by atoms with van der Waals surface area (Å²) in [6.07, 6.45) is 0.802. The van der Waals surface area contributed by atoms with E-state index in [2.05, 4.69) is 10.1 Å². The highest BCUT2D eigenvalue weighted by atomic mass is 35.5. The van der Waals surface area contributed by atoms with Gasteiger partial charge in [0.25, 0.3) is 0 Å². The molecule has 0 amide bonds. The summed E-state index contributed by atoms with van der Waals surface area (Å²) < 4.78 is 30.9. The summed E-state index contributed by atoms with van der Waals surface area (Å²) in [7, 11) is -0.378. The third kappa shape index (κ3) is 3.74. The molecule has 1 heterocycles. The fourth-order valence-corrected chi connectivity index (χ4v) is 3.71. The number of carbonyl (C=O) groups is 1. The number of nitrogens with zero attached hydrogens (tertiary/aromatic N) is 1. The largest absolute Gasteiger partial charge is 0.465 e. The normalized spacial score (nSPS) is 19.0. The monoisotopic (exact) mass is 334 g/mol. The van der Waals surface area contributed by atoms with E-state index in [-0.39, 0.29) is 23.3 Å². The number of nitrogens with one attached hydrogen (secondary N) is 1. The standard InChI is InChI=1S/C13H18N2O4S.ClH/c1-14-11-7-8-15(9-11)20(17,18)12-5-3-10(4-6-12)13(16)19-2;/h3-6,11,14H,7-9H2,1-2H3;1H. The molecule has 1 aliphatic heterocycles. The molecule has 2 rings (SSSR count). The number of rotatable bonds is 4. The van der Waals surface area contributed by atoms with Crippen molar-refractivity contribution in [3.05, 3.63) is 29.8 Å². The SMILES string of the molecule is CNC1CCN(S(=O)(=O)c2ccc(C(=O)OC)cc2)C1.Cl. The lowest BCUT2D eigenvalue weighted by atomic mass is 10.2. The molecule has 1 unspecified atom stereocenters. The number of likely N-dealkylation sites (N-methyl/N-ethyl adjacent to an activating group) is 1. The quantitative estimate of drug-likeness (QED) is 0.827. The number of sulfonamides is 1. The maximum Gasteiger partial charge on any atom is 0.337 e. The van der Waals surface area contributed by atoms with Gasteiger partial charge in [-0.05, 0) is 37.7 Å². The van der Waals surface area contributed by atoms with Crippen LogP contribution >= 0.6 is 12.4 Å². The van der Waals surface area contributed by atoms with Crippen molar-refractivity contribution < 1.29 is 17.9 Å². The Morgan fingerprint density at radius 3 is 2.43 bits per heavy atom. The molecule has 1 atom stereocenters. The Morgan fingerprint density at radius 2 is 1.95 bits per heavy atom. The Balaban J connectivity index is 0.00000220. The van der Waals surface area contributed by atoms with Crippen molar-refractivity contribution in [3.8, 4) is 0 Å². The van der Waals surface area contributed by atoms with Crippen LogP contribution in [0.2, 0.25) is 0 Å². The number of hydrogen-bond donors (Lipinski definition) is 1. The van der Waals surface area contributed by atoms with Gasteiger partial charge in [0, 0.05) is 19.1 Å². The van der Waals surface area contributed by atoms with E-state index in [1.54, 1.807) is 0 Å². The van der Waals surface area contributed by atoms with Gasteiger partial charge in [0.1, 0.15) is 0 Å².